The number of hydrazone groups is 1. The van der Waals surface area contributed by atoms with E-state index in [4.69, 9.17) is 10.5 Å². The fourth-order valence-corrected chi connectivity index (χ4v) is 2.11. The van der Waals surface area contributed by atoms with Gasteiger partial charge in [-0.05, 0) is 18.3 Å². The molecule has 5 N–H and O–H groups in total. The van der Waals surface area contributed by atoms with Crippen molar-refractivity contribution < 1.29 is 15.2 Å². The highest BCUT2D eigenvalue weighted by Crippen LogP contribution is 2.24. The van der Waals surface area contributed by atoms with Crippen LogP contribution in [0, 0.1) is 5.21 Å². The first kappa shape index (κ1) is 15.6. The molecule has 0 amide bonds. The second-order valence-electron chi connectivity index (χ2n) is 4.42. The number of hydrogen-bond acceptors (Lipinski definition) is 6. The number of thiocarbonyl (C=S) groups is 1. The van der Waals surface area contributed by atoms with Gasteiger partial charge in [-0.15, -0.1) is 0 Å². The number of anilines is 1. The van der Waals surface area contributed by atoms with Crippen molar-refractivity contribution in [3.05, 3.63) is 29.0 Å². The van der Waals surface area contributed by atoms with Gasteiger partial charge in [0.05, 0.1) is 19.4 Å². The van der Waals surface area contributed by atoms with Crippen LogP contribution in [0.15, 0.2) is 23.3 Å². The lowest BCUT2D eigenvalue weighted by Crippen LogP contribution is -2.99. The lowest BCUT2D eigenvalue weighted by Gasteiger charge is -2.30. The first-order valence-corrected chi connectivity index (χ1v) is 6.77. The van der Waals surface area contributed by atoms with Crippen LogP contribution in [-0.4, -0.2) is 42.8 Å². The Morgan fingerprint density at radius 3 is 2.86 bits per heavy atom. The zero-order chi connectivity index (χ0) is 15.2. The van der Waals surface area contributed by atoms with Gasteiger partial charge in [-0.3, -0.25) is 5.43 Å². The van der Waals surface area contributed by atoms with Gasteiger partial charge in [-0.25, -0.2) is 5.21 Å². The van der Waals surface area contributed by atoms with Gasteiger partial charge in [0.25, 0.3) is 0 Å². The molecule has 0 aromatic heterocycles. The summed E-state index contributed by atoms with van der Waals surface area (Å²) in [5, 5.41) is 23.7. The molecule has 1 heterocycles. The van der Waals surface area contributed by atoms with E-state index >= 15 is 0 Å². The van der Waals surface area contributed by atoms with E-state index in [1.165, 1.54) is 6.21 Å². The molecule has 1 unspecified atom stereocenters. The van der Waals surface area contributed by atoms with E-state index in [0.717, 1.165) is 0 Å². The Bertz CT molecular complexity index is 532. The summed E-state index contributed by atoms with van der Waals surface area (Å²) in [5.41, 5.74) is 9.24. The number of rotatable bonds is 4. The van der Waals surface area contributed by atoms with Crippen LogP contribution < -0.4 is 21.3 Å². The minimum atomic E-state index is -0.978. The fraction of sp³-hybridized carbons (Fsp3) is 0.333. The first-order valence-electron chi connectivity index (χ1n) is 6.36. The number of quaternary nitrogens is 1. The molecule has 2 rings (SSSR count). The summed E-state index contributed by atoms with van der Waals surface area (Å²) in [6.45, 7) is 2.55. The van der Waals surface area contributed by atoms with Crippen molar-refractivity contribution >= 4 is 34.9 Å². The Labute approximate surface area is 127 Å². The number of nitrogens with two attached hydrogens (primary N) is 1. The Morgan fingerprint density at radius 2 is 2.24 bits per heavy atom. The molecular weight excluding hydrogens is 294 g/mol. The number of morpholine rings is 1. The van der Waals surface area contributed by atoms with Crippen molar-refractivity contribution in [1.29, 1.82) is 0 Å². The van der Waals surface area contributed by atoms with Crippen molar-refractivity contribution in [2.24, 2.45) is 10.8 Å². The normalized spacial score (nSPS) is 17.0. The summed E-state index contributed by atoms with van der Waals surface area (Å²) in [6, 6.07) is 5.14. The van der Waals surface area contributed by atoms with Gasteiger partial charge >= 0.3 is 0 Å². The SMILES string of the molecule is NC(=S)NN=Cc1ccc(N2CCOCC2)c([NH+]([O-])O)c1. The summed E-state index contributed by atoms with van der Waals surface area (Å²) in [7, 11) is 0. The Balaban J connectivity index is 2.22. The molecule has 8 nitrogen and oxygen atoms in total. The van der Waals surface area contributed by atoms with Crippen LogP contribution >= 0.6 is 12.2 Å². The predicted octanol–water partition coefficient (Wildman–Crippen LogP) is -0.906. The third-order valence-electron chi connectivity index (χ3n) is 2.99. The molecule has 21 heavy (non-hydrogen) atoms. The molecule has 1 aliphatic heterocycles. The molecule has 9 heteroatoms. The third kappa shape index (κ3) is 4.34. The zero-order valence-corrected chi connectivity index (χ0v) is 12.1. The number of hydrogen-bond donors (Lipinski definition) is 4. The van der Waals surface area contributed by atoms with Crippen LogP contribution in [0.3, 0.4) is 0 Å². The second-order valence-corrected chi connectivity index (χ2v) is 4.86. The smallest absolute Gasteiger partial charge is 0.188 e. The molecule has 0 saturated carbocycles. The van der Waals surface area contributed by atoms with Gasteiger partial charge in [0.2, 0.25) is 0 Å². The van der Waals surface area contributed by atoms with Crippen molar-refractivity contribution in [1.82, 2.24) is 5.43 Å². The first-order chi connectivity index (χ1) is 10.1. The number of nitrogens with zero attached hydrogens (tertiary/aromatic N) is 2. The van der Waals surface area contributed by atoms with E-state index in [9.17, 15) is 10.4 Å². The second kappa shape index (κ2) is 7.29. The highest BCUT2D eigenvalue weighted by Gasteiger charge is 2.18. The number of nitrogens with one attached hydrogen (secondary N) is 2. The highest BCUT2D eigenvalue weighted by atomic mass is 32.1. The highest BCUT2D eigenvalue weighted by molar-refractivity contribution is 7.80. The third-order valence-corrected chi connectivity index (χ3v) is 3.08. The van der Waals surface area contributed by atoms with Crippen LogP contribution in [0.5, 0.6) is 0 Å². The Morgan fingerprint density at radius 1 is 1.52 bits per heavy atom. The molecule has 0 spiro atoms. The van der Waals surface area contributed by atoms with Crippen LogP contribution in [-0.2, 0) is 4.74 Å². The number of ether oxygens (including phenoxy) is 1. The maximum Gasteiger partial charge on any atom is 0.188 e. The minimum Gasteiger partial charge on any atom is -0.595 e. The van der Waals surface area contributed by atoms with Crippen LogP contribution in [0.2, 0.25) is 0 Å². The van der Waals surface area contributed by atoms with E-state index in [2.05, 4.69) is 22.7 Å². The molecule has 1 atom stereocenters. The van der Waals surface area contributed by atoms with E-state index < -0.39 is 5.23 Å². The fourth-order valence-electron chi connectivity index (χ4n) is 2.06. The lowest BCUT2D eigenvalue weighted by molar-refractivity contribution is -0.990. The molecule has 0 aliphatic carbocycles. The number of benzene rings is 1. The minimum absolute atomic E-state index is 0.0506. The van der Waals surface area contributed by atoms with Crippen molar-refractivity contribution in [2.45, 2.75) is 0 Å². The average Bonchev–Trinajstić information content (AvgIpc) is 2.47. The summed E-state index contributed by atoms with van der Waals surface area (Å²) in [6.07, 6.45) is 1.47. The summed E-state index contributed by atoms with van der Waals surface area (Å²) >= 11 is 4.62. The summed E-state index contributed by atoms with van der Waals surface area (Å²) in [5.74, 6) is 0. The van der Waals surface area contributed by atoms with E-state index in [1.807, 2.05) is 4.90 Å². The predicted molar refractivity (Wildman–Crippen MR) is 82.8 cm³/mol. The van der Waals surface area contributed by atoms with Gasteiger partial charge in [-0.1, -0.05) is 6.07 Å². The summed E-state index contributed by atoms with van der Waals surface area (Å²) in [4.78, 5) is 2.00. The van der Waals surface area contributed by atoms with Gasteiger partial charge in [0.1, 0.15) is 5.69 Å². The molecule has 1 aromatic carbocycles. The largest absolute Gasteiger partial charge is 0.595 e. The van der Waals surface area contributed by atoms with Crippen molar-refractivity contribution in [3.63, 3.8) is 0 Å². The molecule has 0 radical (unpaired) electrons. The van der Waals surface area contributed by atoms with Crippen molar-refractivity contribution in [3.8, 4) is 0 Å². The van der Waals surface area contributed by atoms with Gasteiger partial charge < -0.3 is 20.6 Å². The molecular formula is C12H17N5O3S. The molecule has 0 bridgehead atoms. The summed E-state index contributed by atoms with van der Waals surface area (Å²) < 4.78 is 5.28. The Hall–Kier alpha value is -1.78. The lowest BCUT2D eigenvalue weighted by atomic mass is 10.1. The molecule has 1 fully saturated rings. The van der Waals surface area contributed by atoms with Gasteiger partial charge in [-0.2, -0.15) is 10.3 Å². The average molecular weight is 311 g/mol. The van der Waals surface area contributed by atoms with Gasteiger partial charge in [0.15, 0.2) is 10.8 Å². The van der Waals surface area contributed by atoms with Crippen LogP contribution in [0.25, 0.3) is 0 Å². The molecule has 1 saturated heterocycles. The molecule has 114 valence electrons. The van der Waals surface area contributed by atoms with Crippen LogP contribution in [0.4, 0.5) is 11.4 Å². The molecule has 1 aromatic rings. The monoisotopic (exact) mass is 311 g/mol. The van der Waals surface area contributed by atoms with Gasteiger partial charge in [0, 0.05) is 24.7 Å². The van der Waals surface area contributed by atoms with Crippen molar-refractivity contribution in [2.75, 3.05) is 31.2 Å². The molecule has 1 aliphatic rings. The van der Waals surface area contributed by atoms with Crippen LogP contribution in [0.1, 0.15) is 5.56 Å². The van der Waals surface area contributed by atoms with E-state index in [-0.39, 0.29) is 10.8 Å². The zero-order valence-electron chi connectivity index (χ0n) is 11.3. The van der Waals surface area contributed by atoms with E-state index in [1.54, 1.807) is 18.2 Å². The standard InChI is InChI=1S/C12H17N5O3S/c13-12(21)15-14-8-9-1-2-10(11(7-9)17(18)19)16-3-5-20-6-4-16/h1-2,7-8,17-18H,3-6H2,(H3,13,15,21). The quantitative estimate of drug-likeness (QED) is 0.324. The van der Waals surface area contributed by atoms with E-state index in [0.29, 0.717) is 37.6 Å². The maximum atomic E-state index is 11.4. The topological polar surface area (TPSA) is 111 Å². The Kier molecular flexibility index (Phi) is 5.42. The maximum absolute atomic E-state index is 11.4.